The molecule has 0 aromatic carbocycles. The van der Waals surface area contributed by atoms with Crippen molar-refractivity contribution in [1.82, 2.24) is 0 Å². The zero-order valence-corrected chi connectivity index (χ0v) is 4.42. The summed E-state index contributed by atoms with van der Waals surface area (Å²) in [6, 6.07) is 0. The van der Waals surface area contributed by atoms with E-state index in [-0.39, 0.29) is 0 Å². The summed E-state index contributed by atoms with van der Waals surface area (Å²) in [5.41, 5.74) is 0. The smallest absolute Gasteiger partial charge is 0.148 e. The third-order valence-electron chi connectivity index (χ3n) is 0.742. The van der Waals surface area contributed by atoms with Crippen LogP contribution in [0.25, 0.3) is 0 Å². The number of rotatable bonds is 3. The van der Waals surface area contributed by atoms with Crippen molar-refractivity contribution in [2.75, 3.05) is 0 Å². The average molecular weight is 102 g/mol. The Bertz CT molecular complexity index is 52.0. The minimum Gasteiger partial charge on any atom is -0.386 e. The molecule has 0 amide bonds. The topological polar surface area (TPSA) is 37.3 Å². The summed E-state index contributed by atoms with van der Waals surface area (Å²) < 4.78 is 0. The van der Waals surface area contributed by atoms with Crippen LogP contribution < -0.4 is 0 Å². The molecule has 0 saturated heterocycles. The molecular weight excluding hydrogens is 92.1 g/mol. The SMILES string of the molecule is CCC[C@@H](O)C=O. The molecule has 7 heavy (non-hydrogen) atoms. The molecule has 0 aromatic heterocycles. The van der Waals surface area contributed by atoms with E-state index in [1.807, 2.05) is 6.92 Å². The standard InChI is InChI=1S/C5H10O2/c1-2-3-5(7)4-6/h4-5,7H,2-3H2,1H3/t5-/m1/s1. The Hall–Kier alpha value is -0.370. The molecule has 0 spiro atoms. The van der Waals surface area contributed by atoms with Crippen LogP contribution in [-0.4, -0.2) is 17.5 Å². The minimum atomic E-state index is -0.731. The number of hydrogen-bond acceptors (Lipinski definition) is 2. The Morgan fingerprint density at radius 2 is 2.43 bits per heavy atom. The molecule has 0 bridgehead atoms. The highest BCUT2D eigenvalue weighted by Crippen LogP contribution is 1.89. The van der Waals surface area contributed by atoms with Crippen LogP contribution in [-0.2, 0) is 4.79 Å². The van der Waals surface area contributed by atoms with Crippen LogP contribution in [0.2, 0.25) is 0 Å². The molecule has 2 nitrogen and oxygen atoms in total. The monoisotopic (exact) mass is 102 g/mol. The molecule has 0 unspecified atom stereocenters. The van der Waals surface area contributed by atoms with Crippen LogP contribution in [0.5, 0.6) is 0 Å². The van der Waals surface area contributed by atoms with Gasteiger partial charge in [0.15, 0.2) is 0 Å². The first-order valence-corrected chi connectivity index (χ1v) is 2.44. The Morgan fingerprint density at radius 3 is 2.57 bits per heavy atom. The molecule has 0 aliphatic carbocycles. The Morgan fingerprint density at radius 1 is 1.86 bits per heavy atom. The molecule has 0 radical (unpaired) electrons. The van der Waals surface area contributed by atoms with Crippen molar-refractivity contribution in [3.05, 3.63) is 0 Å². The van der Waals surface area contributed by atoms with Crippen molar-refractivity contribution in [3.63, 3.8) is 0 Å². The fraction of sp³-hybridized carbons (Fsp3) is 0.800. The number of aldehydes is 1. The van der Waals surface area contributed by atoms with Gasteiger partial charge < -0.3 is 9.90 Å². The van der Waals surface area contributed by atoms with Crippen molar-refractivity contribution in [2.24, 2.45) is 0 Å². The maximum absolute atomic E-state index is 9.64. The fourth-order valence-electron chi connectivity index (χ4n) is 0.364. The molecule has 0 fully saturated rings. The molecule has 0 heterocycles. The lowest BCUT2D eigenvalue weighted by Crippen LogP contribution is -2.05. The van der Waals surface area contributed by atoms with Gasteiger partial charge in [0, 0.05) is 0 Å². The zero-order chi connectivity index (χ0) is 5.70. The highest BCUT2D eigenvalue weighted by molar-refractivity contribution is 5.55. The number of aliphatic hydroxyl groups is 1. The number of carbonyl (C=O) groups excluding carboxylic acids is 1. The fourth-order valence-corrected chi connectivity index (χ4v) is 0.364. The normalized spacial score (nSPS) is 13.4. The van der Waals surface area contributed by atoms with Gasteiger partial charge in [-0.1, -0.05) is 13.3 Å². The maximum Gasteiger partial charge on any atom is 0.148 e. The van der Waals surface area contributed by atoms with E-state index in [1.165, 1.54) is 0 Å². The molecule has 2 heteroatoms. The molecule has 1 atom stereocenters. The predicted octanol–water partition coefficient (Wildman–Crippen LogP) is 0.346. The first-order valence-electron chi connectivity index (χ1n) is 2.44. The van der Waals surface area contributed by atoms with Crippen molar-refractivity contribution in [1.29, 1.82) is 0 Å². The molecule has 1 N–H and O–H groups in total. The van der Waals surface area contributed by atoms with E-state index in [4.69, 9.17) is 5.11 Å². The predicted molar refractivity (Wildman–Crippen MR) is 27.0 cm³/mol. The largest absolute Gasteiger partial charge is 0.386 e. The second-order valence-electron chi connectivity index (χ2n) is 1.49. The van der Waals surface area contributed by atoms with E-state index < -0.39 is 6.10 Å². The number of aliphatic hydroxyl groups excluding tert-OH is 1. The van der Waals surface area contributed by atoms with E-state index in [9.17, 15) is 4.79 Å². The van der Waals surface area contributed by atoms with Crippen molar-refractivity contribution >= 4 is 6.29 Å². The summed E-state index contributed by atoms with van der Waals surface area (Å²) in [6.07, 6.45) is 1.28. The number of hydrogen-bond donors (Lipinski definition) is 1. The lowest BCUT2D eigenvalue weighted by Gasteiger charge is -1.94. The second kappa shape index (κ2) is 3.81. The minimum absolute atomic E-state index is 0.559. The molecule has 0 aliphatic rings. The van der Waals surface area contributed by atoms with Gasteiger partial charge in [-0.25, -0.2) is 0 Å². The Kier molecular flexibility index (Phi) is 3.61. The van der Waals surface area contributed by atoms with Crippen molar-refractivity contribution in [3.8, 4) is 0 Å². The van der Waals surface area contributed by atoms with E-state index in [1.54, 1.807) is 0 Å². The molecular formula is C5H10O2. The third-order valence-corrected chi connectivity index (χ3v) is 0.742. The van der Waals surface area contributed by atoms with Gasteiger partial charge in [-0.05, 0) is 6.42 Å². The Labute approximate surface area is 43.2 Å². The lowest BCUT2D eigenvalue weighted by atomic mass is 10.2. The van der Waals surface area contributed by atoms with Gasteiger partial charge in [0.05, 0.1) is 0 Å². The Balaban J connectivity index is 2.98. The lowest BCUT2D eigenvalue weighted by molar-refractivity contribution is -0.115. The molecule has 0 aliphatic heterocycles. The van der Waals surface area contributed by atoms with Crippen LogP contribution in [0, 0.1) is 0 Å². The highest BCUT2D eigenvalue weighted by atomic mass is 16.3. The molecule has 0 saturated carbocycles. The van der Waals surface area contributed by atoms with E-state index in [2.05, 4.69) is 0 Å². The molecule has 0 aromatic rings. The van der Waals surface area contributed by atoms with Crippen LogP contribution in [0.3, 0.4) is 0 Å². The summed E-state index contributed by atoms with van der Waals surface area (Å²) in [5.74, 6) is 0. The molecule has 0 rings (SSSR count). The first-order chi connectivity index (χ1) is 3.31. The van der Waals surface area contributed by atoms with Crippen molar-refractivity contribution < 1.29 is 9.90 Å². The van der Waals surface area contributed by atoms with Crippen LogP contribution in [0.1, 0.15) is 19.8 Å². The van der Waals surface area contributed by atoms with Gasteiger partial charge in [-0.2, -0.15) is 0 Å². The average Bonchev–Trinajstić information content (AvgIpc) is 1.68. The van der Waals surface area contributed by atoms with Crippen LogP contribution >= 0.6 is 0 Å². The highest BCUT2D eigenvalue weighted by Gasteiger charge is 1.95. The van der Waals surface area contributed by atoms with E-state index >= 15 is 0 Å². The summed E-state index contributed by atoms with van der Waals surface area (Å²) in [4.78, 5) is 9.64. The molecule has 42 valence electrons. The summed E-state index contributed by atoms with van der Waals surface area (Å²) in [7, 11) is 0. The number of carbonyl (C=O) groups is 1. The van der Waals surface area contributed by atoms with E-state index in [0.717, 1.165) is 6.42 Å². The quantitative estimate of drug-likeness (QED) is 0.522. The van der Waals surface area contributed by atoms with E-state index in [0.29, 0.717) is 12.7 Å². The second-order valence-corrected chi connectivity index (χ2v) is 1.49. The van der Waals surface area contributed by atoms with Gasteiger partial charge in [0.25, 0.3) is 0 Å². The van der Waals surface area contributed by atoms with Gasteiger partial charge >= 0.3 is 0 Å². The van der Waals surface area contributed by atoms with Gasteiger partial charge in [0.1, 0.15) is 12.4 Å². The van der Waals surface area contributed by atoms with Gasteiger partial charge in [-0.15, -0.1) is 0 Å². The van der Waals surface area contributed by atoms with Crippen LogP contribution in [0.15, 0.2) is 0 Å². The summed E-state index contributed by atoms with van der Waals surface area (Å²) in [6.45, 7) is 1.92. The van der Waals surface area contributed by atoms with Gasteiger partial charge in [-0.3, -0.25) is 0 Å². The summed E-state index contributed by atoms with van der Waals surface area (Å²) in [5, 5.41) is 8.49. The maximum atomic E-state index is 9.64. The first kappa shape index (κ1) is 6.63. The van der Waals surface area contributed by atoms with Crippen molar-refractivity contribution in [2.45, 2.75) is 25.9 Å². The van der Waals surface area contributed by atoms with Gasteiger partial charge in [0.2, 0.25) is 0 Å². The van der Waals surface area contributed by atoms with Crippen LogP contribution in [0.4, 0.5) is 0 Å². The summed E-state index contributed by atoms with van der Waals surface area (Å²) >= 11 is 0. The third kappa shape index (κ3) is 3.46. The zero-order valence-electron chi connectivity index (χ0n) is 4.42.